The minimum Gasteiger partial charge on any atom is -0.368 e. The Morgan fingerprint density at radius 3 is 2.41 bits per heavy atom. The summed E-state index contributed by atoms with van der Waals surface area (Å²) in [7, 11) is 1.64. The number of amides is 2. The molecule has 2 aliphatic heterocycles. The van der Waals surface area contributed by atoms with Crippen molar-refractivity contribution < 1.29 is 14.3 Å². The quantitative estimate of drug-likeness (QED) is 0.745. The molecule has 0 spiro atoms. The highest BCUT2D eigenvalue weighted by atomic mass is 16.5. The zero-order chi connectivity index (χ0) is 19.1. The molecule has 1 aromatic rings. The van der Waals surface area contributed by atoms with Gasteiger partial charge in [-0.05, 0) is 31.5 Å². The molecule has 148 valence electrons. The third-order valence-electron chi connectivity index (χ3n) is 5.55. The van der Waals surface area contributed by atoms with Crippen LogP contribution in [0.4, 0.5) is 0 Å². The average molecular weight is 374 g/mol. The van der Waals surface area contributed by atoms with E-state index in [-0.39, 0.29) is 11.8 Å². The van der Waals surface area contributed by atoms with Gasteiger partial charge in [-0.1, -0.05) is 30.3 Å². The topological polar surface area (TPSA) is 73.9 Å². The molecule has 2 heterocycles. The highest BCUT2D eigenvalue weighted by molar-refractivity contribution is 5.85. The second kappa shape index (κ2) is 9.30. The summed E-state index contributed by atoms with van der Waals surface area (Å²) >= 11 is 0. The number of rotatable bonds is 6. The Labute approximate surface area is 161 Å². The molecule has 2 saturated heterocycles. The van der Waals surface area contributed by atoms with E-state index in [2.05, 4.69) is 15.5 Å². The van der Waals surface area contributed by atoms with Crippen molar-refractivity contribution >= 4 is 11.8 Å². The van der Waals surface area contributed by atoms with Gasteiger partial charge in [0.1, 0.15) is 5.60 Å². The van der Waals surface area contributed by atoms with E-state index in [1.165, 1.54) is 0 Å². The van der Waals surface area contributed by atoms with E-state index in [0.717, 1.165) is 18.7 Å². The van der Waals surface area contributed by atoms with Crippen LogP contribution in [0.15, 0.2) is 30.3 Å². The molecular formula is C20H30N4O3. The smallest absolute Gasteiger partial charge is 0.254 e. The maximum atomic E-state index is 13.0. The van der Waals surface area contributed by atoms with Crippen LogP contribution < -0.4 is 10.6 Å². The molecule has 0 unspecified atom stereocenters. The number of benzene rings is 1. The largest absolute Gasteiger partial charge is 0.368 e. The SMILES string of the molecule is COC1(C(=O)N2CCN(CC(=O)NCc3ccccc3)CC2)CCNCC1. The van der Waals surface area contributed by atoms with E-state index >= 15 is 0 Å². The predicted octanol–water partition coefficient (Wildman–Crippen LogP) is 0.216. The molecule has 0 atom stereocenters. The molecule has 2 fully saturated rings. The van der Waals surface area contributed by atoms with Gasteiger partial charge in [0.05, 0.1) is 6.54 Å². The molecule has 7 nitrogen and oxygen atoms in total. The summed E-state index contributed by atoms with van der Waals surface area (Å²) in [6.07, 6.45) is 1.43. The van der Waals surface area contributed by atoms with Crippen LogP contribution in [0, 0.1) is 0 Å². The number of nitrogens with zero attached hydrogens (tertiary/aromatic N) is 2. The number of piperazine rings is 1. The van der Waals surface area contributed by atoms with E-state index in [4.69, 9.17) is 4.74 Å². The number of ether oxygens (including phenoxy) is 1. The van der Waals surface area contributed by atoms with E-state index in [1.54, 1.807) is 7.11 Å². The second-order valence-corrected chi connectivity index (χ2v) is 7.28. The third kappa shape index (κ3) is 5.06. The Morgan fingerprint density at radius 1 is 1.11 bits per heavy atom. The Morgan fingerprint density at radius 2 is 1.78 bits per heavy atom. The molecule has 0 aliphatic carbocycles. The normalized spacial score (nSPS) is 20.3. The van der Waals surface area contributed by atoms with E-state index < -0.39 is 5.60 Å². The standard InChI is InChI=1S/C20H30N4O3/c1-27-20(7-9-21-10-8-20)19(26)24-13-11-23(12-14-24)16-18(25)22-15-17-5-3-2-4-6-17/h2-6,21H,7-16H2,1H3,(H,22,25). The van der Waals surface area contributed by atoms with Crippen LogP contribution in [0.5, 0.6) is 0 Å². The molecular weight excluding hydrogens is 344 g/mol. The molecule has 27 heavy (non-hydrogen) atoms. The molecule has 1 aromatic carbocycles. The number of methoxy groups -OCH3 is 1. The first-order valence-corrected chi connectivity index (χ1v) is 9.71. The Hall–Kier alpha value is -1.96. The first kappa shape index (κ1) is 19.8. The molecule has 7 heteroatoms. The van der Waals surface area contributed by atoms with Gasteiger partial charge in [-0.15, -0.1) is 0 Å². The summed E-state index contributed by atoms with van der Waals surface area (Å²) in [5.74, 6) is 0.116. The van der Waals surface area contributed by atoms with Gasteiger partial charge in [-0.3, -0.25) is 14.5 Å². The lowest BCUT2D eigenvalue weighted by atomic mass is 9.90. The average Bonchev–Trinajstić information content (AvgIpc) is 2.73. The molecule has 2 aliphatic rings. The molecule has 0 radical (unpaired) electrons. The van der Waals surface area contributed by atoms with Crippen LogP contribution >= 0.6 is 0 Å². The summed E-state index contributed by atoms with van der Waals surface area (Å²) < 4.78 is 5.65. The maximum Gasteiger partial charge on any atom is 0.254 e. The molecule has 3 rings (SSSR count). The van der Waals surface area contributed by atoms with Gasteiger partial charge in [0.15, 0.2) is 0 Å². The van der Waals surface area contributed by atoms with Gasteiger partial charge in [-0.25, -0.2) is 0 Å². The van der Waals surface area contributed by atoms with Crippen LogP contribution in [0.1, 0.15) is 18.4 Å². The van der Waals surface area contributed by atoms with Crippen LogP contribution in [0.25, 0.3) is 0 Å². The van der Waals surface area contributed by atoms with Gasteiger partial charge in [0.2, 0.25) is 5.91 Å². The predicted molar refractivity (Wildman–Crippen MR) is 103 cm³/mol. The molecule has 2 amide bonds. The minimum absolute atomic E-state index is 0.0188. The Balaban J connectivity index is 1.43. The molecule has 0 bridgehead atoms. The van der Waals surface area contributed by atoms with Gasteiger partial charge < -0.3 is 20.3 Å². The van der Waals surface area contributed by atoms with Gasteiger partial charge in [0.25, 0.3) is 5.91 Å². The van der Waals surface area contributed by atoms with Crippen molar-refractivity contribution in [3.8, 4) is 0 Å². The zero-order valence-electron chi connectivity index (χ0n) is 16.1. The molecule has 0 aromatic heterocycles. The van der Waals surface area contributed by atoms with E-state index in [1.807, 2.05) is 35.2 Å². The van der Waals surface area contributed by atoms with Gasteiger partial charge in [-0.2, -0.15) is 0 Å². The third-order valence-corrected chi connectivity index (χ3v) is 5.55. The summed E-state index contributed by atoms with van der Waals surface area (Å²) in [6.45, 7) is 5.23. The maximum absolute atomic E-state index is 13.0. The van der Waals surface area contributed by atoms with Crippen molar-refractivity contribution in [3.63, 3.8) is 0 Å². The highest BCUT2D eigenvalue weighted by Gasteiger charge is 2.43. The number of nitrogens with one attached hydrogen (secondary N) is 2. The summed E-state index contributed by atoms with van der Waals surface area (Å²) in [5.41, 5.74) is 0.411. The first-order valence-electron chi connectivity index (χ1n) is 9.71. The van der Waals surface area contributed by atoms with Crippen molar-refractivity contribution in [1.29, 1.82) is 0 Å². The van der Waals surface area contributed by atoms with Crippen LogP contribution in [0.3, 0.4) is 0 Å². The fourth-order valence-electron chi connectivity index (χ4n) is 3.79. The first-order chi connectivity index (χ1) is 13.1. The Bertz CT molecular complexity index is 623. The molecule has 0 saturated carbocycles. The highest BCUT2D eigenvalue weighted by Crippen LogP contribution is 2.25. The fourth-order valence-corrected chi connectivity index (χ4v) is 3.79. The van der Waals surface area contributed by atoms with E-state index in [9.17, 15) is 9.59 Å². The lowest BCUT2D eigenvalue weighted by molar-refractivity contribution is -0.160. The van der Waals surface area contributed by atoms with Crippen molar-refractivity contribution in [1.82, 2.24) is 20.4 Å². The number of hydrogen-bond donors (Lipinski definition) is 2. The van der Waals surface area contributed by atoms with E-state index in [0.29, 0.717) is 52.1 Å². The summed E-state index contributed by atoms with van der Waals surface area (Å²) in [4.78, 5) is 29.2. The van der Waals surface area contributed by atoms with Gasteiger partial charge in [0, 0.05) is 39.8 Å². The number of hydrogen-bond acceptors (Lipinski definition) is 5. The number of carbonyl (C=O) groups excluding carboxylic acids is 2. The lowest BCUT2D eigenvalue weighted by Crippen LogP contribution is -2.59. The summed E-state index contributed by atoms with van der Waals surface area (Å²) in [6, 6.07) is 9.89. The fraction of sp³-hybridized carbons (Fsp3) is 0.600. The Kier molecular flexibility index (Phi) is 6.82. The molecule has 2 N–H and O–H groups in total. The number of piperidine rings is 1. The number of carbonyl (C=O) groups is 2. The van der Waals surface area contributed by atoms with Crippen LogP contribution in [-0.4, -0.2) is 80.1 Å². The van der Waals surface area contributed by atoms with Crippen molar-refractivity contribution in [3.05, 3.63) is 35.9 Å². The van der Waals surface area contributed by atoms with Crippen LogP contribution in [0.2, 0.25) is 0 Å². The lowest BCUT2D eigenvalue weighted by Gasteiger charge is -2.42. The monoisotopic (exact) mass is 374 g/mol. The van der Waals surface area contributed by atoms with Crippen molar-refractivity contribution in [2.75, 3.05) is 52.9 Å². The van der Waals surface area contributed by atoms with Gasteiger partial charge >= 0.3 is 0 Å². The second-order valence-electron chi connectivity index (χ2n) is 7.28. The zero-order valence-corrected chi connectivity index (χ0v) is 16.1. The minimum atomic E-state index is -0.680. The van der Waals surface area contributed by atoms with Crippen molar-refractivity contribution in [2.24, 2.45) is 0 Å². The summed E-state index contributed by atoms with van der Waals surface area (Å²) in [5, 5.41) is 6.24. The van der Waals surface area contributed by atoms with Crippen LogP contribution in [-0.2, 0) is 20.9 Å². The van der Waals surface area contributed by atoms with Crippen molar-refractivity contribution in [2.45, 2.75) is 25.0 Å².